The first-order valence-corrected chi connectivity index (χ1v) is 21.7. The molecule has 288 valence electrons. The Morgan fingerprint density at radius 2 is 0.836 bits per heavy atom. The molecule has 13 rings (SSSR count). The molecule has 9 aromatic carbocycles. The van der Waals surface area contributed by atoms with E-state index in [4.69, 9.17) is 0 Å². The molecule has 0 N–H and O–H groups in total. The normalized spacial score (nSPS) is 15.0. The highest BCUT2D eigenvalue weighted by molar-refractivity contribution is 6.04. The highest BCUT2D eigenvalue weighted by Crippen LogP contribution is 2.57. The van der Waals surface area contributed by atoms with Crippen molar-refractivity contribution in [2.75, 3.05) is 9.80 Å². The van der Waals surface area contributed by atoms with Crippen molar-refractivity contribution in [3.8, 4) is 11.1 Å². The Hall–Kier alpha value is -7.42. The first-order valence-electron chi connectivity index (χ1n) is 21.7. The van der Waals surface area contributed by atoms with Crippen LogP contribution in [0.15, 0.2) is 194 Å². The first kappa shape index (κ1) is 34.4. The molecule has 0 atom stereocenters. The number of hydrogen-bond acceptors (Lipinski definition) is 2. The molecule has 2 heterocycles. The average Bonchev–Trinajstić information content (AvgIpc) is 3.83. The molecule has 4 aliphatic rings. The van der Waals surface area contributed by atoms with Crippen molar-refractivity contribution in [3.63, 3.8) is 0 Å². The Labute approximate surface area is 357 Å². The van der Waals surface area contributed by atoms with Gasteiger partial charge in [-0.2, -0.15) is 0 Å². The fourth-order valence-corrected chi connectivity index (χ4v) is 11.3. The van der Waals surface area contributed by atoms with E-state index in [0.29, 0.717) is 0 Å². The van der Waals surface area contributed by atoms with Crippen LogP contribution in [-0.4, -0.2) is 0 Å². The van der Waals surface area contributed by atoms with Gasteiger partial charge in [0, 0.05) is 52.1 Å². The zero-order valence-corrected chi connectivity index (χ0v) is 33.9. The average molecular weight is 779 g/mol. The second-order valence-electron chi connectivity index (χ2n) is 17.3. The third-order valence-electron chi connectivity index (χ3n) is 14.1. The molecular weight excluding hydrogens is 737 g/mol. The highest BCUT2D eigenvalue weighted by Gasteiger charge is 2.47. The summed E-state index contributed by atoms with van der Waals surface area (Å²) in [5, 5.41) is 2.50. The van der Waals surface area contributed by atoms with Gasteiger partial charge in [0.2, 0.25) is 0 Å². The molecule has 61 heavy (non-hydrogen) atoms. The molecule has 0 fully saturated rings. The summed E-state index contributed by atoms with van der Waals surface area (Å²) in [6.45, 7) is 0. The van der Waals surface area contributed by atoms with E-state index in [9.17, 15) is 0 Å². The van der Waals surface area contributed by atoms with Gasteiger partial charge in [-0.1, -0.05) is 164 Å². The molecule has 0 bridgehead atoms. The zero-order chi connectivity index (χ0) is 40.1. The van der Waals surface area contributed by atoms with Crippen molar-refractivity contribution in [3.05, 3.63) is 250 Å². The smallest absolute Gasteiger partial charge is 0.0540 e. The van der Waals surface area contributed by atoms with Gasteiger partial charge in [0.1, 0.15) is 0 Å². The topological polar surface area (TPSA) is 6.48 Å². The minimum absolute atomic E-state index is 0.140. The van der Waals surface area contributed by atoms with Crippen molar-refractivity contribution in [2.45, 2.75) is 31.1 Å². The van der Waals surface area contributed by atoms with Gasteiger partial charge in [0.15, 0.2) is 0 Å². The number of nitrogens with zero attached hydrogens (tertiary/aromatic N) is 2. The highest BCUT2D eigenvalue weighted by atomic mass is 15.2. The number of hydrogen-bond donors (Lipinski definition) is 0. The van der Waals surface area contributed by atoms with E-state index in [0.717, 1.165) is 25.7 Å². The van der Waals surface area contributed by atoms with E-state index in [1.54, 1.807) is 0 Å². The summed E-state index contributed by atoms with van der Waals surface area (Å²) in [4.78, 5) is 4.97. The Morgan fingerprint density at radius 3 is 1.43 bits per heavy atom. The molecule has 2 nitrogen and oxygen atoms in total. The van der Waals surface area contributed by atoms with Gasteiger partial charge in [-0.3, -0.25) is 0 Å². The van der Waals surface area contributed by atoms with Gasteiger partial charge in [-0.15, -0.1) is 0 Å². The fraction of sp³-hybridized carbons (Fsp3) is 0.0847. The van der Waals surface area contributed by atoms with E-state index < -0.39 is 0 Å². The molecule has 1 spiro atoms. The first-order chi connectivity index (χ1) is 30.2. The summed E-state index contributed by atoms with van der Waals surface area (Å²) in [6, 6.07) is 72.7. The van der Waals surface area contributed by atoms with Crippen molar-refractivity contribution >= 4 is 57.0 Å². The molecule has 0 radical (unpaired) electrons. The maximum absolute atomic E-state index is 2.53. The Balaban J connectivity index is 0.910. The molecule has 0 saturated heterocycles. The van der Waals surface area contributed by atoms with E-state index in [1.165, 1.54) is 112 Å². The van der Waals surface area contributed by atoms with Gasteiger partial charge in [0.25, 0.3) is 0 Å². The predicted octanol–water partition coefficient (Wildman–Crippen LogP) is 14.8. The third-order valence-corrected chi connectivity index (χ3v) is 14.1. The van der Waals surface area contributed by atoms with Gasteiger partial charge in [-0.05, 0) is 127 Å². The van der Waals surface area contributed by atoms with E-state index in [-0.39, 0.29) is 5.41 Å². The van der Waals surface area contributed by atoms with Crippen LogP contribution in [0.2, 0.25) is 0 Å². The fourth-order valence-electron chi connectivity index (χ4n) is 11.3. The van der Waals surface area contributed by atoms with Gasteiger partial charge in [-0.25, -0.2) is 0 Å². The van der Waals surface area contributed by atoms with Crippen LogP contribution in [0.5, 0.6) is 0 Å². The number of anilines is 6. The van der Waals surface area contributed by atoms with Crippen LogP contribution in [0.3, 0.4) is 0 Å². The number of benzene rings is 9. The largest absolute Gasteiger partial charge is 0.310 e. The number of para-hydroxylation sites is 4. The summed E-state index contributed by atoms with van der Waals surface area (Å²) in [5.41, 5.74) is 23.8. The minimum Gasteiger partial charge on any atom is -0.310 e. The molecule has 0 amide bonds. The Kier molecular flexibility index (Phi) is 7.51. The van der Waals surface area contributed by atoms with Crippen LogP contribution >= 0.6 is 0 Å². The van der Waals surface area contributed by atoms with Crippen LogP contribution in [0.4, 0.5) is 34.1 Å². The molecule has 9 aromatic rings. The van der Waals surface area contributed by atoms with E-state index in [2.05, 4.69) is 216 Å². The monoisotopic (exact) mass is 778 g/mol. The third kappa shape index (κ3) is 5.22. The maximum atomic E-state index is 2.53. The van der Waals surface area contributed by atoms with Gasteiger partial charge < -0.3 is 9.80 Å². The second-order valence-corrected chi connectivity index (χ2v) is 17.3. The summed E-state index contributed by atoms with van der Waals surface area (Å²) >= 11 is 0. The van der Waals surface area contributed by atoms with Gasteiger partial charge in [0.05, 0.1) is 5.69 Å². The lowest BCUT2D eigenvalue weighted by molar-refractivity contribution is 0.563. The van der Waals surface area contributed by atoms with Crippen molar-refractivity contribution in [1.82, 2.24) is 0 Å². The summed E-state index contributed by atoms with van der Waals surface area (Å²) in [7, 11) is 0. The molecule has 0 aromatic heterocycles. The minimum atomic E-state index is -0.140. The molecule has 2 aliphatic heterocycles. The van der Waals surface area contributed by atoms with Gasteiger partial charge >= 0.3 is 0 Å². The van der Waals surface area contributed by atoms with Crippen molar-refractivity contribution in [2.24, 2.45) is 0 Å². The lowest BCUT2D eigenvalue weighted by atomic mass is 9.75. The number of rotatable bonds is 4. The van der Waals surface area contributed by atoms with E-state index >= 15 is 0 Å². The molecule has 2 aliphatic carbocycles. The quantitative estimate of drug-likeness (QED) is 0.164. The maximum Gasteiger partial charge on any atom is 0.0540 e. The summed E-state index contributed by atoms with van der Waals surface area (Å²) < 4.78 is 0. The van der Waals surface area contributed by atoms with Crippen molar-refractivity contribution in [1.29, 1.82) is 0 Å². The molecular formula is C59H42N2. The zero-order valence-electron chi connectivity index (χ0n) is 33.9. The standard InChI is InChI=1S/C59H42N2/c1-2-18-46-38-59(37-45(46)17-1)52-33-39(26-30-49(52)50-31-29-47(36-53(50)59)60-54-21-9-3-13-41(54)34-42-14-4-10-22-55(42)60)25-27-40-28-32-58(51-20-8-7-19-48(40)51)61-56-23-11-5-15-43(56)35-44-16-6-12-24-57(44)61/h1-33,36H,34-35,37-38H2/b27-25+. The molecule has 2 heteroatoms. The second kappa shape index (κ2) is 13.3. The molecule has 0 saturated carbocycles. The Morgan fingerprint density at radius 1 is 0.361 bits per heavy atom. The van der Waals surface area contributed by atoms with Crippen LogP contribution < -0.4 is 9.80 Å². The Bertz CT molecular complexity index is 3180. The molecule has 0 unspecified atom stereocenters. The summed E-state index contributed by atoms with van der Waals surface area (Å²) in [5.74, 6) is 0. The van der Waals surface area contributed by atoms with Crippen LogP contribution in [0, 0.1) is 0 Å². The lowest BCUT2D eigenvalue weighted by Crippen LogP contribution is -2.26. The van der Waals surface area contributed by atoms with E-state index in [1.807, 2.05) is 0 Å². The van der Waals surface area contributed by atoms with Crippen LogP contribution in [0.1, 0.15) is 55.6 Å². The lowest BCUT2D eigenvalue weighted by Gasteiger charge is -2.34. The SMILES string of the molecule is C(=C\c1ccc(N2c3ccccc3Cc3ccccc32)c2ccccc12)/c1ccc2c(c1)C1(Cc3ccccc3C1)c1cc(N3c4ccccc4Cc4ccccc43)ccc1-2. The summed E-state index contributed by atoms with van der Waals surface area (Å²) in [6.07, 6.45) is 8.57. The van der Waals surface area contributed by atoms with Crippen LogP contribution in [-0.2, 0) is 31.1 Å². The van der Waals surface area contributed by atoms with Crippen molar-refractivity contribution < 1.29 is 0 Å². The van der Waals surface area contributed by atoms with Crippen LogP contribution in [0.25, 0.3) is 34.1 Å². The predicted molar refractivity (Wildman–Crippen MR) is 254 cm³/mol. The number of fused-ring (bicyclic) bond motifs is 11.